The molecule has 0 bridgehead atoms. The molecule has 0 saturated carbocycles. The fourth-order valence-electron chi connectivity index (χ4n) is 9.18. The van der Waals surface area contributed by atoms with Crippen LogP contribution in [-0.2, 0) is 52.5 Å². The number of benzene rings is 9. The van der Waals surface area contributed by atoms with Crippen molar-refractivity contribution in [2.75, 3.05) is 13.1 Å². The van der Waals surface area contributed by atoms with Gasteiger partial charge in [0.15, 0.2) is 0 Å². The van der Waals surface area contributed by atoms with Gasteiger partial charge in [0.05, 0.1) is 34.2 Å². The molecule has 15 heteroatoms. The summed E-state index contributed by atoms with van der Waals surface area (Å²) >= 11 is 0. The van der Waals surface area contributed by atoms with Gasteiger partial charge < -0.3 is 33.7 Å². The van der Waals surface area contributed by atoms with Crippen molar-refractivity contribution in [3.05, 3.63) is 292 Å². The van der Waals surface area contributed by atoms with Crippen LogP contribution in [0.4, 0.5) is 0 Å². The number of nitrogens with zero attached hydrogens (tertiary/aromatic N) is 1. The van der Waals surface area contributed by atoms with Crippen LogP contribution in [0, 0.1) is 0 Å². The maximum absolute atomic E-state index is 15.8. The van der Waals surface area contributed by atoms with Crippen molar-refractivity contribution in [3.63, 3.8) is 0 Å². The predicted molar refractivity (Wildman–Crippen MR) is 307 cm³/mol. The number of carbonyl (C=O) groups excluding carboxylic acids is 4. The molecule has 0 aliphatic carbocycles. The Kier molecular flexibility index (Phi) is 17.9. The van der Waals surface area contributed by atoms with Gasteiger partial charge in [0, 0.05) is 12.1 Å². The lowest BCUT2D eigenvalue weighted by molar-refractivity contribution is 0.0274. The summed E-state index contributed by atoms with van der Waals surface area (Å²) in [6.45, 7) is -0.474. The molecular formula is C67H56N2O12S. The van der Waals surface area contributed by atoms with Gasteiger partial charge in [-0.15, -0.1) is 0 Å². The average Bonchev–Trinajstić information content (AvgIpc) is 4.09. The second-order valence-electron chi connectivity index (χ2n) is 19.2. The number of rotatable bonds is 23. The fourth-order valence-corrected chi connectivity index (χ4v) is 10.7. The highest BCUT2D eigenvalue weighted by atomic mass is 32.2. The van der Waals surface area contributed by atoms with E-state index in [1.807, 2.05) is 152 Å². The Labute approximate surface area is 475 Å². The second-order valence-corrected chi connectivity index (χ2v) is 21.1. The average molecular weight is 1110 g/mol. The largest absolute Gasteiger partial charge is 0.489 e. The Morgan fingerprint density at radius 2 is 0.890 bits per heavy atom. The van der Waals surface area contributed by atoms with Crippen LogP contribution < -0.4 is 24.3 Å². The monoisotopic (exact) mass is 1110 g/mol. The van der Waals surface area contributed by atoms with Crippen LogP contribution in [0.3, 0.4) is 0 Å². The smallest absolute Gasteiger partial charge is 0.339 e. The van der Waals surface area contributed by atoms with Crippen LogP contribution in [0.25, 0.3) is 0 Å². The number of ketones is 1. The lowest BCUT2D eigenvalue weighted by atomic mass is 9.94. The highest BCUT2D eigenvalue weighted by Crippen LogP contribution is 2.39. The zero-order valence-electron chi connectivity index (χ0n) is 44.4. The predicted octanol–water partition coefficient (Wildman–Crippen LogP) is 11.6. The van der Waals surface area contributed by atoms with Gasteiger partial charge in [0.2, 0.25) is 15.8 Å². The summed E-state index contributed by atoms with van der Waals surface area (Å²) in [5, 5.41) is 2.93. The summed E-state index contributed by atoms with van der Waals surface area (Å²) in [5.41, 5.74) is 3.63. The standard InChI is InChI=1S/C67H56N2O12S/c70-64(62-56(67(73)80-46-51-28-15-5-16-29-51)32-19-33-58(62)77-43-48-22-9-2-10-23-48)63-59(78-44-49-24-11-3-12-25-49)38-53(39-60(63)79-45-50-26-13-4-14-27-50)66(72)81-61-41-69(82(74,75)55-30-17-6-18-31-55)40-57(61)68-65(71)52-34-36-54(37-35-52)76-42-47-20-7-1-8-21-47/h1-39,57,61H,40-46H2,(H,68,71)/t57-,61-/m1/s1. The molecule has 0 spiro atoms. The van der Waals surface area contributed by atoms with E-state index in [0.717, 1.165) is 32.1 Å². The number of ether oxygens (including phenoxy) is 6. The highest BCUT2D eigenvalue weighted by Gasteiger charge is 2.43. The third kappa shape index (κ3) is 13.9. The number of sulfonamides is 1. The Morgan fingerprint density at radius 3 is 1.39 bits per heavy atom. The van der Waals surface area contributed by atoms with Crippen molar-refractivity contribution in [3.8, 4) is 23.0 Å². The number of hydrogen-bond donors (Lipinski definition) is 1. The molecule has 14 nitrogen and oxygen atoms in total. The molecular weight excluding hydrogens is 1060 g/mol. The van der Waals surface area contributed by atoms with Gasteiger partial charge in [-0.2, -0.15) is 4.31 Å². The van der Waals surface area contributed by atoms with E-state index in [9.17, 15) is 22.8 Å². The number of amides is 1. The molecule has 0 radical (unpaired) electrons. The Balaban J connectivity index is 1.02. The lowest BCUT2D eigenvalue weighted by Gasteiger charge is -2.22. The zero-order chi connectivity index (χ0) is 56.7. The van der Waals surface area contributed by atoms with Crippen molar-refractivity contribution in [2.45, 2.75) is 50.1 Å². The maximum Gasteiger partial charge on any atom is 0.339 e. The molecule has 9 aromatic rings. The van der Waals surface area contributed by atoms with Crippen molar-refractivity contribution >= 4 is 33.7 Å². The van der Waals surface area contributed by atoms with Gasteiger partial charge in [-0.25, -0.2) is 18.0 Å². The highest BCUT2D eigenvalue weighted by molar-refractivity contribution is 7.89. The maximum atomic E-state index is 15.8. The molecule has 10 rings (SSSR count). The molecule has 1 N–H and O–H groups in total. The summed E-state index contributed by atoms with van der Waals surface area (Å²) in [5.74, 6) is -2.70. The Bertz CT molecular complexity index is 3680. The van der Waals surface area contributed by atoms with Gasteiger partial charge in [-0.3, -0.25) is 9.59 Å². The summed E-state index contributed by atoms with van der Waals surface area (Å²) in [7, 11) is -4.16. The van der Waals surface area contributed by atoms with E-state index in [1.54, 1.807) is 54.6 Å². The molecule has 2 atom stereocenters. The molecule has 412 valence electrons. The molecule has 1 fully saturated rings. The molecule has 1 heterocycles. The molecule has 0 aromatic heterocycles. The molecule has 9 aromatic carbocycles. The van der Waals surface area contributed by atoms with E-state index < -0.39 is 45.8 Å². The van der Waals surface area contributed by atoms with Crippen LogP contribution >= 0.6 is 0 Å². The minimum atomic E-state index is -4.16. The number of esters is 2. The topological polar surface area (TPSA) is 173 Å². The second kappa shape index (κ2) is 26.4. The summed E-state index contributed by atoms with van der Waals surface area (Å²) in [6, 6.07) is 67.0. The van der Waals surface area contributed by atoms with Gasteiger partial charge in [0.25, 0.3) is 5.91 Å². The van der Waals surface area contributed by atoms with E-state index >= 15 is 4.79 Å². The molecule has 1 saturated heterocycles. The van der Waals surface area contributed by atoms with Crippen molar-refractivity contribution < 1.29 is 56.0 Å². The first-order chi connectivity index (χ1) is 40.1. The van der Waals surface area contributed by atoms with Crippen molar-refractivity contribution in [1.82, 2.24) is 9.62 Å². The minimum Gasteiger partial charge on any atom is -0.489 e. The first kappa shape index (κ1) is 55.5. The molecule has 82 heavy (non-hydrogen) atoms. The minimum absolute atomic E-state index is 0.0125. The third-order valence-electron chi connectivity index (χ3n) is 13.5. The normalized spacial score (nSPS) is 14.0. The van der Waals surface area contributed by atoms with Crippen LogP contribution in [0.15, 0.2) is 241 Å². The molecule has 1 aliphatic rings. The van der Waals surface area contributed by atoms with E-state index in [0.29, 0.717) is 12.4 Å². The summed E-state index contributed by atoms with van der Waals surface area (Å²) in [4.78, 5) is 59.1. The molecule has 1 aliphatic heterocycles. The van der Waals surface area contributed by atoms with Crippen LogP contribution in [0.2, 0.25) is 0 Å². The van der Waals surface area contributed by atoms with Crippen LogP contribution in [-0.4, -0.2) is 61.6 Å². The number of carbonyl (C=O) groups is 4. The Morgan fingerprint density at radius 1 is 0.439 bits per heavy atom. The van der Waals surface area contributed by atoms with Gasteiger partial charge in [-0.05, 0) is 88.5 Å². The first-order valence-electron chi connectivity index (χ1n) is 26.5. The van der Waals surface area contributed by atoms with Gasteiger partial charge in [0.1, 0.15) is 67.7 Å². The summed E-state index contributed by atoms with van der Waals surface area (Å²) in [6.07, 6.45) is -1.23. The van der Waals surface area contributed by atoms with E-state index in [-0.39, 0.29) is 89.5 Å². The SMILES string of the molecule is O=C(N[C@@H]1CN(S(=O)(=O)c2ccccc2)C[C@H]1OC(=O)c1cc(OCc2ccccc2)c(C(=O)c2c(OCc3ccccc3)cccc2C(=O)OCc2ccccc2)c(OCc2ccccc2)c1)c1ccc(OCc2ccccc2)cc1. The van der Waals surface area contributed by atoms with Crippen LogP contribution in [0.1, 0.15) is 74.8 Å². The molecule has 1 amide bonds. The quantitative estimate of drug-likeness (QED) is 0.0475. The number of nitrogens with one attached hydrogen (secondary N) is 1. The molecule has 0 unspecified atom stereocenters. The van der Waals surface area contributed by atoms with Crippen molar-refractivity contribution in [2.24, 2.45) is 0 Å². The van der Waals surface area contributed by atoms with Crippen molar-refractivity contribution in [1.29, 1.82) is 0 Å². The van der Waals surface area contributed by atoms with E-state index in [1.165, 1.54) is 30.3 Å². The fraction of sp³-hybridized carbons (Fsp3) is 0.134. The first-order valence-corrected chi connectivity index (χ1v) is 27.9. The van der Waals surface area contributed by atoms with E-state index in [2.05, 4.69) is 5.32 Å². The van der Waals surface area contributed by atoms with Crippen LogP contribution in [0.5, 0.6) is 23.0 Å². The van der Waals surface area contributed by atoms with E-state index in [4.69, 9.17) is 28.4 Å². The Hall–Kier alpha value is -9.83. The third-order valence-corrected chi connectivity index (χ3v) is 15.3. The zero-order valence-corrected chi connectivity index (χ0v) is 45.2. The van der Waals surface area contributed by atoms with Gasteiger partial charge >= 0.3 is 11.9 Å². The van der Waals surface area contributed by atoms with Gasteiger partial charge in [-0.1, -0.05) is 176 Å². The number of hydrogen-bond acceptors (Lipinski definition) is 12. The lowest BCUT2D eigenvalue weighted by Crippen LogP contribution is -2.44. The summed E-state index contributed by atoms with van der Waals surface area (Å²) < 4.78 is 67.1.